The van der Waals surface area contributed by atoms with Gasteiger partial charge in [0.05, 0.1) is 11.9 Å². The molecule has 0 unspecified atom stereocenters. The van der Waals surface area contributed by atoms with E-state index in [4.69, 9.17) is 16.8 Å². The van der Waals surface area contributed by atoms with Gasteiger partial charge >= 0.3 is 0 Å². The second kappa shape index (κ2) is 7.63. The molecule has 0 aliphatic carbocycles. The normalized spacial score (nSPS) is 11.5. The molecule has 27 heavy (non-hydrogen) atoms. The lowest BCUT2D eigenvalue weighted by atomic mass is 10.0. The van der Waals surface area contributed by atoms with Crippen LogP contribution in [0.3, 0.4) is 0 Å². The summed E-state index contributed by atoms with van der Waals surface area (Å²) in [5.74, 6) is 1.47. The summed E-state index contributed by atoms with van der Waals surface area (Å²) >= 11 is 6.19. The van der Waals surface area contributed by atoms with Crippen LogP contribution in [0.25, 0.3) is 0 Å². The van der Waals surface area contributed by atoms with Crippen LogP contribution in [0, 0.1) is 20.8 Å². The third kappa shape index (κ3) is 4.17. The average molecular weight is 386 g/mol. The Kier molecular flexibility index (Phi) is 5.27. The highest BCUT2D eigenvalue weighted by Crippen LogP contribution is 2.27. The van der Waals surface area contributed by atoms with Gasteiger partial charge in [0.25, 0.3) is 0 Å². The van der Waals surface area contributed by atoms with Gasteiger partial charge < -0.3 is 15.8 Å². The fraction of sp³-hybridized carbons (Fsp3) is 0.222. The van der Waals surface area contributed by atoms with Gasteiger partial charge in [0.2, 0.25) is 5.95 Å². The quantitative estimate of drug-likeness (QED) is 0.293. The van der Waals surface area contributed by atoms with Crippen LogP contribution in [0.15, 0.2) is 29.6 Å². The van der Waals surface area contributed by atoms with Crippen LogP contribution in [0.1, 0.15) is 29.3 Å². The summed E-state index contributed by atoms with van der Waals surface area (Å²) in [6.45, 7) is 7.57. The zero-order valence-corrected chi connectivity index (χ0v) is 16.2. The summed E-state index contributed by atoms with van der Waals surface area (Å²) in [5.41, 5.74) is 5.16. The summed E-state index contributed by atoms with van der Waals surface area (Å²) in [6.07, 6.45) is 1.53. The molecule has 0 amide bonds. The second-order valence-electron chi connectivity index (χ2n) is 6.24. The lowest BCUT2D eigenvalue weighted by Gasteiger charge is -2.13. The molecule has 0 fully saturated rings. The molecule has 3 rings (SSSR count). The SMILES string of the molecule is CC(=NO)c1cc(C)c(Nc2ncc(Cl)c(Nc3cc(C)[nH]n3)n2)cc1C. The Morgan fingerprint density at radius 1 is 1.15 bits per heavy atom. The van der Waals surface area contributed by atoms with E-state index >= 15 is 0 Å². The largest absolute Gasteiger partial charge is 0.411 e. The first-order valence-corrected chi connectivity index (χ1v) is 8.64. The van der Waals surface area contributed by atoms with Gasteiger partial charge in [-0.1, -0.05) is 16.8 Å². The van der Waals surface area contributed by atoms with E-state index < -0.39 is 0 Å². The van der Waals surface area contributed by atoms with Crippen LogP contribution in [0.5, 0.6) is 0 Å². The van der Waals surface area contributed by atoms with E-state index in [1.54, 1.807) is 6.92 Å². The highest BCUT2D eigenvalue weighted by atomic mass is 35.5. The van der Waals surface area contributed by atoms with Crippen LogP contribution < -0.4 is 10.6 Å². The number of hydrogen-bond donors (Lipinski definition) is 4. The Balaban J connectivity index is 1.88. The maximum Gasteiger partial charge on any atom is 0.229 e. The summed E-state index contributed by atoms with van der Waals surface area (Å²) in [4.78, 5) is 8.67. The highest BCUT2D eigenvalue weighted by Gasteiger charge is 2.11. The van der Waals surface area contributed by atoms with E-state index in [2.05, 4.69) is 36.0 Å². The third-order valence-electron chi connectivity index (χ3n) is 4.05. The lowest BCUT2D eigenvalue weighted by Crippen LogP contribution is -2.05. The van der Waals surface area contributed by atoms with Crippen molar-refractivity contribution >= 4 is 40.6 Å². The zero-order valence-electron chi connectivity index (χ0n) is 15.4. The van der Waals surface area contributed by atoms with Gasteiger partial charge in [-0.2, -0.15) is 10.1 Å². The molecule has 8 nitrogen and oxygen atoms in total. The van der Waals surface area contributed by atoms with Crippen LogP contribution >= 0.6 is 11.6 Å². The van der Waals surface area contributed by atoms with Crippen molar-refractivity contribution in [1.29, 1.82) is 0 Å². The minimum absolute atomic E-state index is 0.388. The van der Waals surface area contributed by atoms with Crippen molar-refractivity contribution in [2.75, 3.05) is 10.6 Å². The van der Waals surface area contributed by atoms with E-state index in [1.807, 2.05) is 39.0 Å². The fourth-order valence-corrected chi connectivity index (χ4v) is 2.77. The predicted octanol–water partition coefficient (Wildman–Crippen LogP) is 4.46. The zero-order chi connectivity index (χ0) is 19.6. The molecule has 0 radical (unpaired) electrons. The maximum atomic E-state index is 9.01. The third-order valence-corrected chi connectivity index (χ3v) is 4.33. The number of halogens is 1. The summed E-state index contributed by atoms with van der Waals surface area (Å²) < 4.78 is 0. The molecular weight excluding hydrogens is 366 g/mol. The Bertz CT molecular complexity index is 1010. The van der Waals surface area contributed by atoms with Crippen molar-refractivity contribution in [2.45, 2.75) is 27.7 Å². The van der Waals surface area contributed by atoms with E-state index in [0.29, 0.717) is 28.3 Å². The van der Waals surface area contributed by atoms with Gasteiger partial charge in [0.15, 0.2) is 11.6 Å². The van der Waals surface area contributed by atoms with E-state index in [-0.39, 0.29) is 0 Å². The molecule has 0 aliphatic heterocycles. The van der Waals surface area contributed by atoms with Crippen molar-refractivity contribution in [1.82, 2.24) is 20.2 Å². The highest BCUT2D eigenvalue weighted by molar-refractivity contribution is 6.32. The Hall–Kier alpha value is -3.13. The number of aromatic nitrogens is 4. The molecule has 0 saturated carbocycles. The molecule has 0 atom stereocenters. The monoisotopic (exact) mass is 385 g/mol. The first-order valence-electron chi connectivity index (χ1n) is 8.26. The summed E-state index contributed by atoms with van der Waals surface area (Å²) in [5, 5.41) is 25.9. The summed E-state index contributed by atoms with van der Waals surface area (Å²) in [6, 6.07) is 5.76. The van der Waals surface area contributed by atoms with E-state index in [1.165, 1.54) is 6.20 Å². The van der Waals surface area contributed by atoms with E-state index in [0.717, 1.165) is 28.1 Å². The number of nitrogens with one attached hydrogen (secondary N) is 3. The number of anilines is 4. The van der Waals surface area contributed by atoms with Gasteiger partial charge in [-0.05, 0) is 51.0 Å². The number of rotatable bonds is 5. The number of H-pyrrole nitrogens is 1. The summed E-state index contributed by atoms with van der Waals surface area (Å²) in [7, 11) is 0. The standard InChI is InChI=1S/C18H20ClN7O/c1-9-6-15(10(2)5-13(9)12(4)26-27)21-18-20-8-14(19)17(23-18)22-16-7-11(3)24-25-16/h5-8,27H,1-4H3,(H3,20,21,22,23,24,25). The van der Waals surface area contributed by atoms with Gasteiger partial charge in [0, 0.05) is 23.0 Å². The maximum absolute atomic E-state index is 9.01. The molecular formula is C18H20ClN7O. The van der Waals surface area contributed by atoms with Crippen molar-refractivity contribution in [3.8, 4) is 0 Å². The number of aryl methyl sites for hydroxylation is 3. The molecule has 4 N–H and O–H groups in total. The molecule has 140 valence electrons. The minimum Gasteiger partial charge on any atom is -0.411 e. The molecule has 0 spiro atoms. The van der Waals surface area contributed by atoms with Crippen molar-refractivity contribution in [3.63, 3.8) is 0 Å². The number of nitrogens with zero attached hydrogens (tertiary/aromatic N) is 4. The van der Waals surface area contributed by atoms with Crippen LogP contribution in [0.4, 0.5) is 23.3 Å². The molecule has 0 saturated heterocycles. The molecule has 0 aliphatic rings. The topological polar surface area (TPSA) is 111 Å². The Labute approximate surface area is 161 Å². The molecule has 0 bridgehead atoms. The average Bonchev–Trinajstić information content (AvgIpc) is 3.05. The van der Waals surface area contributed by atoms with Gasteiger partial charge in [0.1, 0.15) is 5.02 Å². The molecule has 1 aromatic carbocycles. The number of hydrogen-bond acceptors (Lipinski definition) is 7. The van der Waals surface area contributed by atoms with Crippen LogP contribution in [-0.2, 0) is 0 Å². The molecule has 9 heteroatoms. The van der Waals surface area contributed by atoms with Crippen molar-refractivity contribution in [3.05, 3.63) is 51.8 Å². The van der Waals surface area contributed by atoms with E-state index in [9.17, 15) is 0 Å². The Morgan fingerprint density at radius 2 is 1.93 bits per heavy atom. The van der Waals surface area contributed by atoms with Gasteiger partial charge in [-0.25, -0.2) is 4.98 Å². The lowest BCUT2D eigenvalue weighted by molar-refractivity contribution is 0.319. The van der Waals surface area contributed by atoms with Crippen molar-refractivity contribution < 1.29 is 5.21 Å². The molecule has 2 aromatic heterocycles. The predicted molar refractivity (Wildman–Crippen MR) is 107 cm³/mol. The smallest absolute Gasteiger partial charge is 0.229 e. The van der Waals surface area contributed by atoms with Gasteiger partial charge in [-0.15, -0.1) is 0 Å². The molecule has 3 aromatic rings. The second-order valence-corrected chi connectivity index (χ2v) is 6.65. The fourth-order valence-electron chi connectivity index (χ4n) is 2.63. The van der Waals surface area contributed by atoms with Crippen LogP contribution in [-0.4, -0.2) is 31.1 Å². The number of oxime groups is 1. The number of aromatic amines is 1. The first kappa shape index (κ1) is 18.7. The minimum atomic E-state index is 0.388. The van der Waals surface area contributed by atoms with Gasteiger partial charge in [-0.3, -0.25) is 5.10 Å². The molecule has 2 heterocycles. The Morgan fingerprint density at radius 3 is 2.59 bits per heavy atom. The first-order chi connectivity index (χ1) is 12.9. The van der Waals surface area contributed by atoms with Crippen LogP contribution in [0.2, 0.25) is 5.02 Å². The number of benzene rings is 1. The van der Waals surface area contributed by atoms with Crippen molar-refractivity contribution in [2.24, 2.45) is 5.16 Å².